The van der Waals surface area contributed by atoms with Gasteiger partial charge in [0.2, 0.25) is 11.8 Å². The fourth-order valence-electron chi connectivity index (χ4n) is 1.92. The van der Waals surface area contributed by atoms with E-state index in [-0.39, 0.29) is 0 Å². The number of nitrogens with one attached hydrogen (secondary N) is 1. The van der Waals surface area contributed by atoms with Crippen LogP contribution < -0.4 is 10.1 Å². The molecule has 0 unspecified atom stereocenters. The lowest BCUT2D eigenvalue weighted by Gasteiger charge is -2.07. The van der Waals surface area contributed by atoms with Crippen LogP contribution in [0.4, 0.5) is 5.95 Å². The highest BCUT2D eigenvalue weighted by Gasteiger charge is 2.06. The van der Waals surface area contributed by atoms with Crippen LogP contribution in [0, 0.1) is 0 Å². The van der Waals surface area contributed by atoms with Crippen molar-refractivity contribution >= 4 is 5.95 Å². The highest BCUT2D eigenvalue weighted by atomic mass is 16.5. The van der Waals surface area contributed by atoms with Crippen LogP contribution in [0.25, 0.3) is 0 Å². The van der Waals surface area contributed by atoms with Gasteiger partial charge in [0.25, 0.3) is 0 Å². The fraction of sp³-hybridized carbons (Fsp3) is 0.500. The van der Waals surface area contributed by atoms with E-state index in [1.165, 1.54) is 5.56 Å². The first kappa shape index (κ1) is 14.3. The molecule has 0 aliphatic carbocycles. The lowest BCUT2D eigenvalue weighted by atomic mass is 10.2. The first-order valence-corrected chi connectivity index (χ1v) is 6.94. The van der Waals surface area contributed by atoms with Crippen LogP contribution in [-0.2, 0) is 20.0 Å². The maximum Gasteiger partial charge on any atom is 0.226 e. The summed E-state index contributed by atoms with van der Waals surface area (Å²) in [4.78, 5) is 8.51. The Labute approximate surface area is 119 Å². The molecule has 0 bridgehead atoms. The second-order valence-corrected chi connectivity index (χ2v) is 4.55. The van der Waals surface area contributed by atoms with Crippen molar-refractivity contribution in [3.63, 3.8) is 0 Å². The summed E-state index contributed by atoms with van der Waals surface area (Å²) in [5, 5.41) is 7.62. The number of rotatable bonds is 7. The van der Waals surface area contributed by atoms with E-state index in [4.69, 9.17) is 4.74 Å². The summed E-state index contributed by atoms with van der Waals surface area (Å²) in [5.41, 5.74) is 2.26. The molecule has 2 aromatic heterocycles. The minimum Gasteiger partial charge on any atom is -0.478 e. The highest BCUT2D eigenvalue weighted by Crippen LogP contribution is 2.12. The van der Waals surface area contributed by atoms with Gasteiger partial charge in [-0.3, -0.25) is 4.68 Å². The van der Waals surface area contributed by atoms with E-state index in [9.17, 15) is 0 Å². The summed E-state index contributed by atoms with van der Waals surface area (Å²) in [6.45, 7) is 5.49. The zero-order chi connectivity index (χ0) is 14.4. The Bertz CT molecular complexity index is 552. The van der Waals surface area contributed by atoms with E-state index in [0.717, 1.165) is 18.5 Å². The van der Waals surface area contributed by atoms with E-state index in [1.807, 2.05) is 17.9 Å². The van der Waals surface area contributed by atoms with Crippen LogP contribution in [0.15, 0.2) is 18.5 Å². The van der Waals surface area contributed by atoms with Gasteiger partial charge in [-0.2, -0.15) is 10.1 Å². The van der Waals surface area contributed by atoms with Gasteiger partial charge in [0.05, 0.1) is 12.3 Å². The average Bonchev–Trinajstić information content (AvgIpc) is 2.83. The topological polar surface area (TPSA) is 64.9 Å². The lowest BCUT2D eigenvalue weighted by molar-refractivity contribution is 0.305. The third kappa shape index (κ3) is 3.69. The molecule has 20 heavy (non-hydrogen) atoms. The molecular formula is C14H21N5O. The SMILES string of the molecule is CCCOc1ccnc(NCc2cn(C)nc2CC)n1. The molecule has 2 aromatic rings. The summed E-state index contributed by atoms with van der Waals surface area (Å²) in [5.74, 6) is 1.18. The number of hydrogen-bond acceptors (Lipinski definition) is 5. The molecule has 0 aromatic carbocycles. The van der Waals surface area contributed by atoms with Gasteiger partial charge in [-0.25, -0.2) is 4.98 Å². The number of ether oxygens (including phenoxy) is 1. The lowest BCUT2D eigenvalue weighted by Crippen LogP contribution is -2.06. The number of nitrogens with zero attached hydrogens (tertiary/aromatic N) is 4. The Kier molecular flexibility index (Phi) is 4.92. The van der Waals surface area contributed by atoms with Crippen LogP contribution in [0.3, 0.4) is 0 Å². The Morgan fingerprint density at radius 1 is 1.35 bits per heavy atom. The molecule has 0 aliphatic heterocycles. The maximum absolute atomic E-state index is 5.49. The first-order valence-electron chi connectivity index (χ1n) is 6.94. The molecule has 2 heterocycles. The maximum atomic E-state index is 5.49. The van der Waals surface area contributed by atoms with Crippen molar-refractivity contribution in [2.75, 3.05) is 11.9 Å². The van der Waals surface area contributed by atoms with Gasteiger partial charge in [-0.1, -0.05) is 13.8 Å². The molecule has 0 aliphatic rings. The van der Waals surface area contributed by atoms with Crippen LogP contribution in [-0.4, -0.2) is 26.4 Å². The first-order chi connectivity index (χ1) is 9.72. The van der Waals surface area contributed by atoms with Crippen molar-refractivity contribution in [2.45, 2.75) is 33.2 Å². The van der Waals surface area contributed by atoms with Crippen molar-refractivity contribution in [1.29, 1.82) is 0 Å². The second kappa shape index (κ2) is 6.88. The van der Waals surface area contributed by atoms with E-state index < -0.39 is 0 Å². The summed E-state index contributed by atoms with van der Waals surface area (Å²) in [6.07, 6.45) is 5.59. The molecule has 0 spiro atoms. The van der Waals surface area contributed by atoms with Crippen molar-refractivity contribution in [2.24, 2.45) is 7.05 Å². The number of aryl methyl sites for hydroxylation is 2. The molecule has 0 saturated carbocycles. The minimum atomic E-state index is 0.574. The summed E-state index contributed by atoms with van der Waals surface area (Å²) < 4.78 is 7.32. The quantitative estimate of drug-likeness (QED) is 0.839. The fourth-order valence-corrected chi connectivity index (χ4v) is 1.92. The molecule has 0 atom stereocenters. The van der Waals surface area contributed by atoms with Gasteiger partial charge >= 0.3 is 0 Å². The minimum absolute atomic E-state index is 0.574. The molecule has 0 fully saturated rings. The molecule has 2 rings (SSSR count). The van der Waals surface area contributed by atoms with Crippen molar-refractivity contribution in [3.05, 3.63) is 29.7 Å². The van der Waals surface area contributed by atoms with E-state index in [0.29, 0.717) is 25.0 Å². The van der Waals surface area contributed by atoms with Crippen LogP contribution in [0.1, 0.15) is 31.5 Å². The van der Waals surface area contributed by atoms with Gasteiger partial charge in [-0.05, 0) is 12.8 Å². The molecule has 0 radical (unpaired) electrons. The van der Waals surface area contributed by atoms with Gasteiger partial charge in [0.1, 0.15) is 0 Å². The van der Waals surface area contributed by atoms with Crippen molar-refractivity contribution in [1.82, 2.24) is 19.7 Å². The number of anilines is 1. The number of hydrogen-bond donors (Lipinski definition) is 1. The van der Waals surface area contributed by atoms with Gasteiger partial charge in [0.15, 0.2) is 0 Å². The zero-order valence-corrected chi connectivity index (χ0v) is 12.3. The van der Waals surface area contributed by atoms with Gasteiger partial charge < -0.3 is 10.1 Å². The Hall–Kier alpha value is -2.11. The van der Waals surface area contributed by atoms with Crippen molar-refractivity contribution in [3.8, 4) is 5.88 Å². The molecule has 0 saturated heterocycles. The molecule has 6 heteroatoms. The van der Waals surface area contributed by atoms with E-state index in [2.05, 4.69) is 34.2 Å². The highest BCUT2D eigenvalue weighted by molar-refractivity contribution is 5.30. The Morgan fingerprint density at radius 2 is 2.20 bits per heavy atom. The monoisotopic (exact) mass is 275 g/mol. The van der Waals surface area contributed by atoms with Crippen LogP contribution >= 0.6 is 0 Å². The third-order valence-corrected chi connectivity index (χ3v) is 2.85. The molecule has 108 valence electrons. The van der Waals surface area contributed by atoms with Crippen molar-refractivity contribution < 1.29 is 4.74 Å². The van der Waals surface area contributed by atoms with Gasteiger partial charge in [-0.15, -0.1) is 0 Å². The predicted molar refractivity (Wildman–Crippen MR) is 77.7 cm³/mol. The zero-order valence-electron chi connectivity index (χ0n) is 12.3. The molecule has 1 N–H and O–H groups in total. The predicted octanol–water partition coefficient (Wildman–Crippen LogP) is 2.17. The summed E-state index contributed by atoms with van der Waals surface area (Å²) >= 11 is 0. The largest absolute Gasteiger partial charge is 0.478 e. The summed E-state index contributed by atoms with van der Waals surface area (Å²) in [6, 6.07) is 1.77. The molecule has 6 nitrogen and oxygen atoms in total. The third-order valence-electron chi connectivity index (χ3n) is 2.85. The number of aromatic nitrogens is 4. The molecular weight excluding hydrogens is 254 g/mol. The van der Waals surface area contributed by atoms with Crippen LogP contribution in [0.2, 0.25) is 0 Å². The summed E-state index contributed by atoms with van der Waals surface area (Å²) in [7, 11) is 1.93. The standard InChI is InChI=1S/C14H21N5O/c1-4-8-20-13-6-7-15-14(17-13)16-9-11-10-19(3)18-12(11)5-2/h6-7,10H,4-5,8-9H2,1-3H3,(H,15,16,17). The van der Waals surface area contributed by atoms with E-state index >= 15 is 0 Å². The van der Waals surface area contributed by atoms with E-state index in [1.54, 1.807) is 12.3 Å². The smallest absolute Gasteiger partial charge is 0.226 e. The van der Waals surface area contributed by atoms with Crippen LogP contribution in [0.5, 0.6) is 5.88 Å². The molecule has 0 amide bonds. The normalized spacial score (nSPS) is 10.6. The average molecular weight is 275 g/mol. The second-order valence-electron chi connectivity index (χ2n) is 4.55. The van der Waals surface area contributed by atoms with Gasteiger partial charge in [0, 0.05) is 37.6 Å². The Balaban J connectivity index is 1.99. The Morgan fingerprint density at radius 3 is 2.95 bits per heavy atom.